The number of fused-ring (bicyclic) bond motifs is 3. The summed E-state index contributed by atoms with van der Waals surface area (Å²) in [5.41, 5.74) is 2.45. The lowest BCUT2D eigenvalue weighted by Gasteiger charge is -2.32. The molecule has 1 aromatic carbocycles. The molecule has 40 heavy (non-hydrogen) atoms. The lowest BCUT2D eigenvalue weighted by molar-refractivity contribution is 0.106. The van der Waals surface area contributed by atoms with Gasteiger partial charge in [0.05, 0.1) is 41.5 Å². The van der Waals surface area contributed by atoms with Crippen LogP contribution in [0.15, 0.2) is 17.1 Å². The SMILES string of the molecule is COc1nc(OC[C@@]23CCCN2C[C@H](F)C3)nc2c1CCN(c1ccc(F)c3sc(/N=C/N(C)C)c(C#N)c13)C2. The topological polar surface area (TPSA) is 90.1 Å². The summed E-state index contributed by atoms with van der Waals surface area (Å²) in [7, 11) is 5.25. The predicted molar refractivity (Wildman–Crippen MR) is 150 cm³/mol. The summed E-state index contributed by atoms with van der Waals surface area (Å²) in [6.07, 6.45) is 3.76. The highest BCUT2D eigenvalue weighted by Gasteiger charge is 2.49. The number of aliphatic imine (C=N–C) groups is 1. The molecule has 0 unspecified atom stereocenters. The Kier molecular flexibility index (Phi) is 6.96. The predicted octanol–water partition coefficient (Wildman–Crippen LogP) is 4.45. The summed E-state index contributed by atoms with van der Waals surface area (Å²) < 4.78 is 41.3. The fourth-order valence-corrected chi connectivity index (χ4v) is 7.25. The number of benzene rings is 1. The van der Waals surface area contributed by atoms with Gasteiger partial charge in [0.15, 0.2) is 0 Å². The van der Waals surface area contributed by atoms with Gasteiger partial charge in [-0.25, -0.2) is 13.8 Å². The number of thiophene rings is 1. The molecule has 3 aliphatic heterocycles. The summed E-state index contributed by atoms with van der Waals surface area (Å²) in [6, 6.07) is 5.61. The lowest BCUT2D eigenvalue weighted by Crippen LogP contribution is -2.43. The summed E-state index contributed by atoms with van der Waals surface area (Å²) in [5, 5.41) is 11.1. The van der Waals surface area contributed by atoms with Crippen molar-refractivity contribution in [1.29, 1.82) is 5.26 Å². The van der Waals surface area contributed by atoms with E-state index in [1.165, 1.54) is 17.4 Å². The van der Waals surface area contributed by atoms with Crippen LogP contribution in [0.1, 0.15) is 36.1 Å². The molecule has 3 aromatic rings. The minimum absolute atomic E-state index is 0.207. The van der Waals surface area contributed by atoms with Gasteiger partial charge in [0.2, 0.25) is 5.88 Å². The van der Waals surface area contributed by atoms with Crippen molar-refractivity contribution < 1.29 is 18.3 Å². The van der Waals surface area contributed by atoms with Gasteiger partial charge in [0.25, 0.3) is 0 Å². The Bertz CT molecular complexity index is 1520. The van der Waals surface area contributed by atoms with Crippen LogP contribution >= 0.6 is 11.3 Å². The summed E-state index contributed by atoms with van der Waals surface area (Å²) >= 11 is 1.17. The Morgan fingerprint density at radius 1 is 1.32 bits per heavy atom. The molecule has 0 radical (unpaired) electrons. The van der Waals surface area contributed by atoms with Gasteiger partial charge in [-0.1, -0.05) is 0 Å². The molecule has 5 heterocycles. The van der Waals surface area contributed by atoms with E-state index in [1.807, 2.05) is 14.1 Å². The summed E-state index contributed by atoms with van der Waals surface area (Å²) in [5.74, 6) is 0.0828. The fourth-order valence-electron chi connectivity index (χ4n) is 6.23. The van der Waals surface area contributed by atoms with E-state index in [0.29, 0.717) is 65.6 Å². The molecule has 2 fully saturated rings. The number of ether oxygens (including phenoxy) is 2. The number of nitriles is 1. The fraction of sp³-hybridized carbons (Fsp3) is 0.500. The zero-order chi connectivity index (χ0) is 28.0. The Balaban J connectivity index is 1.32. The molecule has 0 aliphatic carbocycles. The van der Waals surface area contributed by atoms with Crippen LogP contribution in [-0.2, 0) is 13.0 Å². The van der Waals surface area contributed by atoms with Crippen molar-refractivity contribution in [3.63, 3.8) is 0 Å². The van der Waals surface area contributed by atoms with E-state index in [4.69, 9.17) is 14.5 Å². The Morgan fingerprint density at radius 2 is 2.17 bits per heavy atom. The number of halogens is 2. The number of hydrogen-bond acceptors (Lipinski definition) is 9. The highest BCUT2D eigenvalue weighted by Crippen LogP contribution is 2.45. The molecule has 0 saturated carbocycles. The van der Waals surface area contributed by atoms with Crippen molar-refractivity contribution in [2.45, 2.75) is 43.9 Å². The van der Waals surface area contributed by atoms with E-state index >= 15 is 0 Å². The Morgan fingerprint density at radius 3 is 2.95 bits per heavy atom. The zero-order valence-corrected chi connectivity index (χ0v) is 23.6. The zero-order valence-electron chi connectivity index (χ0n) is 22.8. The number of rotatable bonds is 7. The molecule has 2 atom stereocenters. The van der Waals surface area contributed by atoms with Gasteiger partial charge in [-0.3, -0.25) is 4.90 Å². The van der Waals surface area contributed by atoms with Crippen molar-refractivity contribution >= 4 is 38.4 Å². The van der Waals surface area contributed by atoms with Crippen LogP contribution in [0.25, 0.3) is 10.1 Å². The highest BCUT2D eigenvalue weighted by molar-refractivity contribution is 7.23. The third-order valence-corrected chi connectivity index (χ3v) is 9.15. The van der Waals surface area contributed by atoms with E-state index in [9.17, 15) is 14.0 Å². The largest absolute Gasteiger partial charge is 0.481 e. The molecule has 0 spiro atoms. The molecular weight excluding hydrogens is 536 g/mol. The Labute approximate surface area is 235 Å². The van der Waals surface area contributed by atoms with Crippen LogP contribution in [0, 0.1) is 17.1 Å². The van der Waals surface area contributed by atoms with Gasteiger partial charge < -0.3 is 19.3 Å². The minimum atomic E-state index is -0.839. The quantitative estimate of drug-likeness (QED) is 0.306. The average Bonchev–Trinajstić information content (AvgIpc) is 3.60. The third-order valence-electron chi connectivity index (χ3n) is 8.04. The van der Waals surface area contributed by atoms with E-state index in [-0.39, 0.29) is 17.4 Å². The monoisotopic (exact) mass is 567 g/mol. The molecule has 2 aromatic heterocycles. The standard InChI is InChI=1S/C28H31F2N7O2S/c1-35(2)16-32-26-19(12-31)23-22(6-5-20(30)24(23)40-26)36-10-7-18-21(14-36)33-27(34-25(18)38-3)39-15-28-8-4-9-37(28)13-17(29)11-28/h5-6,16-17H,4,7-11,13-15H2,1-3H3/b32-16+/t17-,28+/m1/s1. The summed E-state index contributed by atoms with van der Waals surface area (Å²) in [4.78, 5) is 19.7. The number of hydrogen-bond donors (Lipinski definition) is 0. The van der Waals surface area contributed by atoms with Crippen molar-refractivity contribution in [3.05, 3.63) is 34.8 Å². The molecule has 0 N–H and O–H groups in total. The van der Waals surface area contributed by atoms with Crippen molar-refractivity contribution in [2.24, 2.45) is 4.99 Å². The molecule has 6 rings (SSSR count). The second-order valence-corrected chi connectivity index (χ2v) is 11.8. The molecule has 12 heteroatoms. The van der Waals surface area contributed by atoms with Crippen molar-refractivity contribution in [2.75, 3.05) is 52.3 Å². The molecule has 0 bridgehead atoms. The molecule has 9 nitrogen and oxygen atoms in total. The first-order chi connectivity index (χ1) is 19.3. The van der Waals surface area contributed by atoms with Crippen LogP contribution in [0.2, 0.25) is 0 Å². The van der Waals surface area contributed by atoms with Crippen LogP contribution in [0.3, 0.4) is 0 Å². The molecule has 210 valence electrons. The van der Waals surface area contributed by atoms with E-state index in [1.54, 1.807) is 24.4 Å². The van der Waals surface area contributed by atoms with Crippen molar-refractivity contribution in [1.82, 2.24) is 19.8 Å². The van der Waals surface area contributed by atoms with E-state index < -0.39 is 6.17 Å². The highest BCUT2D eigenvalue weighted by atomic mass is 32.1. The summed E-state index contributed by atoms with van der Waals surface area (Å²) in [6.45, 7) is 2.68. The second kappa shape index (κ2) is 10.4. The first-order valence-electron chi connectivity index (χ1n) is 13.4. The number of methoxy groups -OCH3 is 1. The first kappa shape index (κ1) is 26.7. The number of aromatic nitrogens is 2. The average molecular weight is 568 g/mol. The van der Waals surface area contributed by atoms with Gasteiger partial charge in [-0.15, -0.1) is 11.3 Å². The lowest BCUT2D eigenvalue weighted by atomic mass is 9.95. The van der Waals surface area contributed by atoms with Gasteiger partial charge in [-0.2, -0.15) is 15.2 Å². The molecule has 2 saturated heterocycles. The maximum absolute atomic E-state index is 14.9. The van der Waals surface area contributed by atoms with Crippen LogP contribution in [0.4, 0.5) is 19.5 Å². The maximum Gasteiger partial charge on any atom is 0.320 e. The van der Waals surface area contributed by atoms with Crippen LogP contribution < -0.4 is 14.4 Å². The van der Waals surface area contributed by atoms with Gasteiger partial charge in [0, 0.05) is 50.2 Å². The minimum Gasteiger partial charge on any atom is -0.481 e. The van der Waals surface area contributed by atoms with Crippen LogP contribution in [0.5, 0.6) is 11.9 Å². The maximum atomic E-state index is 14.9. The normalized spacial score (nSPS) is 22.5. The molecule has 3 aliphatic rings. The molecule has 0 amide bonds. The van der Waals surface area contributed by atoms with E-state index in [2.05, 4.69) is 25.8 Å². The van der Waals surface area contributed by atoms with Gasteiger partial charge in [-0.05, 0) is 37.9 Å². The third kappa shape index (κ3) is 4.61. The van der Waals surface area contributed by atoms with Gasteiger partial charge in [0.1, 0.15) is 29.7 Å². The van der Waals surface area contributed by atoms with Crippen LogP contribution in [-0.4, -0.2) is 85.3 Å². The van der Waals surface area contributed by atoms with Gasteiger partial charge >= 0.3 is 6.01 Å². The molecular formula is C28H31F2N7O2S. The second-order valence-electron chi connectivity index (χ2n) is 10.8. The number of alkyl halides is 1. The van der Waals surface area contributed by atoms with Crippen molar-refractivity contribution in [3.8, 4) is 18.0 Å². The Hall–Kier alpha value is -3.56. The number of nitrogens with zero attached hydrogens (tertiary/aromatic N) is 7. The smallest absolute Gasteiger partial charge is 0.320 e. The number of anilines is 1. The van der Waals surface area contributed by atoms with E-state index in [0.717, 1.165) is 36.3 Å². The first-order valence-corrected chi connectivity index (χ1v) is 14.2.